The predicted molar refractivity (Wildman–Crippen MR) is 126 cm³/mol. The smallest absolute Gasteiger partial charge is 0.258 e. The van der Waals surface area contributed by atoms with Gasteiger partial charge in [0.1, 0.15) is 22.2 Å². The molecule has 1 N–H and O–H groups in total. The van der Waals surface area contributed by atoms with Gasteiger partial charge in [-0.25, -0.2) is 0 Å². The summed E-state index contributed by atoms with van der Waals surface area (Å²) in [5.74, 6) is 0.00275. The normalized spacial score (nSPS) is 11.7. The number of ether oxygens (including phenoxy) is 4. The number of hydrogen-bond acceptors (Lipinski definition) is 8. The van der Waals surface area contributed by atoms with Crippen molar-refractivity contribution in [2.24, 2.45) is 10.2 Å². The number of ketones is 1. The average Bonchev–Trinajstić information content (AvgIpc) is 2.77. The highest BCUT2D eigenvalue weighted by Gasteiger charge is 2.25. The number of amides is 1. The van der Waals surface area contributed by atoms with Crippen molar-refractivity contribution < 1.29 is 28.5 Å². The lowest BCUT2D eigenvalue weighted by Gasteiger charge is -2.15. The Morgan fingerprint density at radius 1 is 1.00 bits per heavy atom. The van der Waals surface area contributed by atoms with Crippen molar-refractivity contribution in [3.63, 3.8) is 0 Å². The number of carbonyl (C=O) groups is 2. The van der Waals surface area contributed by atoms with Gasteiger partial charge >= 0.3 is 0 Å². The minimum atomic E-state index is -1.45. The number of nitrogens with zero attached hydrogens (tertiary/aromatic N) is 2. The van der Waals surface area contributed by atoms with Crippen LogP contribution in [-0.2, 0) is 9.59 Å². The van der Waals surface area contributed by atoms with E-state index in [9.17, 15) is 9.59 Å². The Labute approximate surface area is 202 Å². The summed E-state index contributed by atoms with van der Waals surface area (Å²) in [6.07, 6.45) is 0. The van der Waals surface area contributed by atoms with E-state index in [-0.39, 0.29) is 21.5 Å². The van der Waals surface area contributed by atoms with E-state index in [1.165, 1.54) is 33.3 Å². The molecular weight excluding hydrogens is 473 g/mol. The van der Waals surface area contributed by atoms with Crippen molar-refractivity contribution in [1.82, 2.24) is 0 Å². The summed E-state index contributed by atoms with van der Waals surface area (Å²) < 4.78 is 21.5. The maximum atomic E-state index is 12.9. The highest BCUT2D eigenvalue weighted by molar-refractivity contribution is 6.34. The summed E-state index contributed by atoms with van der Waals surface area (Å²) in [7, 11) is 2.87. The zero-order valence-corrected chi connectivity index (χ0v) is 20.4. The zero-order valence-electron chi connectivity index (χ0n) is 18.9. The minimum absolute atomic E-state index is 0.126. The van der Waals surface area contributed by atoms with Gasteiger partial charge in [-0.1, -0.05) is 23.2 Å². The zero-order chi connectivity index (χ0) is 24.5. The van der Waals surface area contributed by atoms with Crippen LogP contribution in [0.2, 0.25) is 10.0 Å². The average molecular weight is 498 g/mol. The molecule has 0 aliphatic rings. The molecule has 0 aliphatic carbocycles. The number of hydrogen-bond donors (Lipinski definition) is 1. The number of Topliss-reactive ketones (excluding diaryl/α,β-unsaturated/α-hetero) is 1. The van der Waals surface area contributed by atoms with Gasteiger partial charge in [0.25, 0.3) is 5.91 Å². The molecule has 178 valence electrons. The van der Waals surface area contributed by atoms with Crippen molar-refractivity contribution in [2.45, 2.75) is 26.8 Å². The van der Waals surface area contributed by atoms with E-state index < -0.39 is 17.7 Å². The molecule has 2 rings (SSSR count). The molecule has 2 aromatic carbocycles. The fourth-order valence-electron chi connectivity index (χ4n) is 2.79. The number of halogens is 2. The fourth-order valence-corrected chi connectivity index (χ4v) is 3.19. The lowest BCUT2D eigenvalue weighted by atomic mass is 10.2. The van der Waals surface area contributed by atoms with Crippen molar-refractivity contribution in [1.29, 1.82) is 0 Å². The summed E-state index contributed by atoms with van der Waals surface area (Å²) in [5.41, 5.74) is 0.441. The number of azo groups is 1. The number of nitrogens with one attached hydrogen (secondary N) is 1. The SMILES string of the molecule is CCOc1cc(NC(=O)C(N=Nc2c(Cl)ccc(OC)c2OC)C(C)=O)cc(OCC)c1Cl. The molecule has 0 bridgehead atoms. The first kappa shape index (κ1) is 26.2. The van der Waals surface area contributed by atoms with Crippen molar-refractivity contribution in [2.75, 3.05) is 32.8 Å². The summed E-state index contributed by atoms with van der Waals surface area (Å²) >= 11 is 12.5. The highest BCUT2D eigenvalue weighted by atomic mass is 35.5. The Morgan fingerprint density at radius 2 is 1.61 bits per heavy atom. The molecule has 0 aliphatic heterocycles. The fraction of sp³-hybridized carbons (Fsp3) is 0.364. The largest absolute Gasteiger partial charge is 0.493 e. The molecule has 0 heterocycles. The second kappa shape index (κ2) is 12.3. The van der Waals surface area contributed by atoms with Crippen LogP contribution < -0.4 is 24.3 Å². The third kappa shape index (κ3) is 6.49. The van der Waals surface area contributed by atoms with Gasteiger partial charge in [-0.05, 0) is 32.9 Å². The molecule has 11 heteroatoms. The van der Waals surface area contributed by atoms with Crippen LogP contribution in [0.25, 0.3) is 0 Å². The van der Waals surface area contributed by atoms with Gasteiger partial charge in [0, 0.05) is 17.8 Å². The maximum absolute atomic E-state index is 12.9. The van der Waals surface area contributed by atoms with E-state index in [1.807, 2.05) is 0 Å². The van der Waals surface area contributed by atoms with Gasteiger partial charge in [-0.15, -0.1) is 5.11 Å². The number of rotatable bonds is 11. The molecule has 1 atom stereocenters. The molecule has 9 nitrogen and oxygen atoms in total. The first-order valence-corrected chi connectivity index (χ1v) is 10.7. The van der Waals surface area contributed by atoms with Crippen LogP contribution in [0.15, 0.2) is 34.5 Å². The second-order valence-corrected chi connectivity index (χ2v) is 7.29. The van der Waals surface area contributed by atoms with Crippen molar-refractivity contribution in [3.8, 4) is 23.0 Å². The lowest BCUT2D eigenvalue weighted by Crippen LogP contribution is -2.31. The molecule has 2 aromatic rings. The number of benzene rings is 2. The number of methoxy groups -OCH3 is 2. The van der Waals surface area contributed by atoms with E-state index in [0.29, 0.717) is 36.1 Å². The third-order valence-electron chi connectivity index (χ3n) is 4.25. The Kier molecular flexibility index (Phi) is 9.74. The van der Waals surface area contributed by atoms with Gasteiger partial charge in [-0.2, -0.15) is 5.11 Å². The first-order chi connectivity index (χ1) is 15.8. The topological polar surface area (TPSA) is 108 Å². The van der Waals surface area contributed by atoms with Crippen LogP contribution in [0.4, 0.5) is 11.4 Å². The number of anilines is 1. The molecule has 1 amide bonds. The standard InChI is InChI=1S/C22H25Cl2N3O6/c1-6-32-16-10-13(11-17(18(16)24)33-7-2)25-22(29)19(12(3)28)26-27-20-14(23)8-9-15(30-4)21(20)31-5/h8-11,19H,6-7H2,1-5H3,(H,25,29). The Bertz CT molecular complexity index is 1020. The van der Waals surface area contributed by atoms with Crippen LogP contribution in [0.3, 0.4) is 0 Å². The van der Waals surface area contributed by atoms with E-state index in [2.05, 4.69) is 15.5 Å². The quantitative estimate of drug-likeness (QED) is 0.324. The van der Waals surface area contributed by atoms with E-state index in [1.54, 1.807) is 26.0 Å². The van der Waals surface area contributed by atoms with Crippen LogP contribution in [0.5, 0.6) is 23.0 Å². The summed E-state index contributed by atoms with van der Waals surface area (Å²) in [6.45, 7) is 5.54. The lowest BCUT2D eigenvalue weighted by molar-refractivity contribution is -0.126. The predicted octanol–water partition coefficient (Wildman–Crippen LogP) is 5.49. The summed E-state index contributed by atoms with van der Waals surface area (Å²) in [4.78, 5) is 25.1. The molecule has 0 saturated carbocycles. The van der Waals surface area contributed by atoms with Gasteiger partial charge in [0.2, 0.25) is 6.04 Å². The third-order valence-corrected chi connectivity index (χ3v) is 4.93. The van der Waals surface area contributed by atoms with Gasteiger partial charge in [0.05, 0.1) is 32.5 Å². The van der Waals surface area contributed by atoms with Crippen LogP contribution in [-0.4, -0.2) is 45.2 Å². The van der Waals surface area contributed by atoms with Crippen LogP contribution in [0, 0.1) is 0 Å². The van der Waals surface area contributed by atoms with Gasteiger partial charge in [-0.3, -0.25) is 9.59 Å². The molecule has 0 fully saturated rings. The maximum Gasteiger partial charge on any atom is 0.258 e. The molecule has 0 saturated heterocycles. The molecule has 0 aromatic heterocycles. The molecule has 0 radical (unpaired) electrons. The first-order valence-electron chi connectivity index (χ1n) is 9.99. The highest BCUT2D eigenvalue weighted by Crippen LogP contribution is 2.42. The van der Waals surface area contributed by atoms with Gasteiger partial charge < -0.3 is 24.3 Å². The van der Waals surface area contributed by atoms with E-state index in [0.717, 1.165) is 0 Å². The van der Waals surface area contributed by atoms with Crippen molar-refractivity contribution in [3.05, 3.63) is 34.3 Å². The molecule has 0 spiro atoms. The van der Waals surface area contributed by atoms with Crippen molar-refractivity contribution >= 4 is 46.3 Å². The molecular formula is C22H25Cl2N3O6. The van der Waals surface area contributed by atoms with Crippen LogP contribution >= 0.6 is 23.2 Å². The Hall–Kier alpha value is -3.04. The molecule has 1 unspecified atom stereocenters. The number of carbonyl (C=O) groups excluding carboxylic acids is 2. The van der Waals surface area contributed by atoms with E-state index in [4.69, 9.17) is 42.1 Å². The van der Waals surface area contributed by atoms with E-state index >= 15 is 0 Å². The Morgan fingerprint density at radius 3 is 2.09 bits per heavy atom. The summed E-state index contributed by atoms with van der Waals surface area (Å²) in [5, 5.41) is 11.1. The van der Waals surface area contributed by atoms with Gasteiger partial charge in [0.15, 0.2) is 17.3 Å². The minimum Gasteiger partial charge on any atom is -0.493 e. The monoisotopic (exact) mass is 497 g/mol. The molecule has 33 heavy (non-hydrogen) atoms. The Balaban J connectivity index is 2.37. The van der Waals surface area contributed by atoms with Crippen LogP contribution in [0.1, 0.15) is 20.8 Å². The second-order valence-electron chi connectivity index (χ2n) is 6.50. The summed E-state index contributed by atoms with van der Waals surface area (Å²) in [6, 6.07) is 4.75.